The number of fused-ring (bicyclic) bond motifs is 1. The van der Waals surface area contributed by atoms with Gasteiger partial charge in [-0.3, -0.25) is 0 Å². The molecule has 0 saturated carbocycles. The Morgan fingerprint density at radius 1 is 1.17 bits per heavy atom. The molecule has 0 aliphatic carbocycles. The number of benzene rings is 2. The Hall–Kier alpha value is -1.21. The third-order valence-electron chi connectivity index (χ3n) is 2.43. The van der Waals surface area contributed by atoms with Crippen LogP contribution in [0.25, 0.3) is 10.2 Å². The van der Waals surface area contributed by atoms with Crippen LogP contribution in [-0.4, -0.2) is 4.98 Å². The largest absolute Gasteiger partial charge is 0.331 e. The van der Waals surface area contributed by atoms with Crippen LogP contribution in [0.1, 0.15) is 0 Å². The lowest BCUT2D eigenvalue weighted by Gasteiger charge is -2.01. The Balaban J connectivity index is 1.95. The molecule has 0 spiro atoms. The molecule has 0 unspecified atom stereocenters. The van der Waals surface area contributed by atoms with Crippen molar-refractivity contribution in [1.29, 1.82) is 0 Å². The lowest BCUT2D eigenvalue weighted by Crippen LogP contribution is -1.88. The van der Waals surface area contributed by atoms with Gasteiger partial charge in [-0.25, -0.2) is 9.37 Å². The van der Waals surface area contributed by atoms with E-state index in [0.29, 0.717) is 0 Å². The monoisotopic (exact) mass is 370 g/mol. The summed E-state index contributed by atoms with van der Waals surface area (Å²) in [5, 5.41) is 4.01. The summed E-state index contributed by atoms with van der Waals surface area (Å²) in [7, 11) is 0. The van der Waals surface area contributed by atoms with Gasteiger partial charge in [0, 0.05) is 9.26 Å². The van der Waals surface area contributed by atoms with Crippen molar-refractivity contribution in [3.05, 3.63) is 51.9 Å². The Labute approximate surface area is 121 Å². The SMILES string of the molecule is Fc1ccc2nc(Nc3cccc(I)c3)sc2c1. The highest BCUT2D eigenvalue weighted by atomic mass is 127. The molecule has 0 aliphatic heterocycles. The van der Waals surface area contributed by atoms with Crippen molar-refractivity contribution in [3.63, 3.8) is 0 Å². The number of nitrogens with zero attached hydrogens (tertiary/aromatic N) is 1. The normalized spacial score (nSPS) is 10.8. The number of thiazole rings is 1. The van der Waals surface area contributed by atoms with E-state index in [1.807, 2.05) is 24.3 Å². The standard InChI is InChI=1S/C13H8FIN2S/c14-8-4-5-11-12(6-8)18-13(17-11)16-10-3-1-2-9(15)7-10/h1-7H,(H,16,17). The van der Waals surface area contributed by atoms with Gasteiger partial charge in [0.05, 0.1) is 10.2 Å². The van der Waals surface area contributed by atoms with Crippen LogP contribution in [0, 0.1) is 9.39 Å². The zero-order valence-electron chi connectivity index (χ0n) is 9.15. The van der Waals surface area contributed by atoms with Crippen molar-refractivity contribution in [2.75, 3.05) is 5.32 Å². The number of halogens is 2. The van der Waals surface area contributed by atoms with E-state index in [-0.39, 0.29) is 5.82 Å². The van der Waals surface area contributed by atoms with E-state index < -0.39 is 0 Å². The molecule has 1 N–H and O–H groups in total. The van der Waals surface area contributed by atoms with Gasteiger partial charge in [-0.2, -0.15) is 0 Å². The number of rotatable bonds is 2. The Bertz CT molecular complexity index is 711. The van der Waals surface area contributed by atoms with Crippen molar-refractivity contribution in [1.82, 2.24) is 4.98 Å². The van der Waals surface area contributed by atoms with E-state index >= 15 is 0 Å². The second-order valence-electron chi connectivity index (χ2n) is 3.77. The molecule has 2 nitrogen and oxygen atoms in total. The molecule has 0 bridgehead atoms. The summed E-state index contributed by atoms with van der Waals surface area (Å²) >= 11 is 3.71. The highest BCUT2D eigenvalue weighted by molar-refractivity contribution is 14.1. The summed E-state index contributed by atoms with van der Waals surface area (Å²) in [4.78, 5) is 4.42. The van der Waals surface area contributed by atoms with Crippen molar-refractivity contribution >= 4 is 55.0 Å². The molecule has 90 valence electrons. The maximum absolute atomic E-state index is 13.1. The molecular weight excluding hydrogens is 362 g/mol. The van der Waals surface area contributed by atoms with Crippen LogP contribution >= 0.6 is 33.9 Å². The summed E-state index contributed by atoms with van der Waals surface area (Å²) in [6, 6.07) is 12.7. The summed E-state index contributed by atoms with van der Waals surface area (Å²) in [5.74, 6) is -0.230. The molecule has 0 amide bonds. The Morgan fingerprint density at radius 2 is 2.06 bits per heavy atom. The molecule has 0 radical (unpaired) electrons. The molecule has 3 rings (SSSR count). The van der Waals surface area contributed by atoms with E-state index in [1.165, 1.54) is 23.5 Å². The van der Waals surface area contributed by atoms with Crippen LogP contribution in [0.5, 0.6) is 0 Å². The Morgan fingerprint density at radius 3 is 2.89 bits per heavy atom. The van der Waals surface area contributed by atoms with Gasteiger partial charge in [0.1, 0.15) is 5.82 Å². The quantitative estimate of drug-likeness (QED) is 0.657. The van der Waals surface area contributed by atoms with Crippen LogP contribution < -0.4 is 5.32 Å². The topological polar surface area (TPSA) is 24.9 Å². The van der Waals surface area contributed by atoms with Gasteiger partial charge < -0.3 is 5.32 Å². The molecule has 0 aliphatic rings. The maximum Gasteiger partial charge on any atom is 0.188 e. The number of aromatic nitrogens is 1. The number of nitrogens with one attached hydrogen (secondary N) is 1. The molecule has 2 aromatic carbocycles. The number of hydrogen-bond acceptors (Lipinski definition) is 3. The molecule has 1 heterocycles. The molecule has 5 heteroatoms. The predicted molar refractivity (Wildman–Crippen MR) is 82.0 cm³/mol. The zero-order chi connectivity index (χ0) is 12.5. The molecule has 18 heavy (non-hydrogen) atoms. The van der Waals surface area contributed by atoms with Crippen LogP contribution in [0.3, 0.4) is 0 Å². The first-order valence-electron chi connectivity index (χ1n) is 5.29. The third-order valence-corrected chi connectivity index (χ3v) is 4.03. The molecule has 1 aromatic heterocycles. The lowest BCUT2D eigenvalue weighted by molar-refractivity contribution is 0.630. The summed E-state index contributed by atoms with van der Waals surface area (Å²) in [5.41, 5.74) is 1.80. The highest BCUT2D eigenvalue weighted by Crippen LogP contribution is 2.29. The smallest absolute Gasteiger partial charge is 0.188 e. The van der Waals surface area contributed by atoms with E-state index in [4.69, 9.17) is 0 Å². The molecule has 3 aromatic rings. The van der Waals surface area contributed by atoms with E-state index in [9.17, 15) is 4.39 Å². The van der Waals surface area contributed by atoms with Crippen LogP contribution in [-0.2, 0) is 0 Å². The Kier molecular flexibility index (Phi) is 3.17. The van der Waals surface area contributed by atoms with Crippen LogP contribution in [0.2, 0.25) is 0 Å². The van der Waals surface area contributed by atoms with Gasteiger partial charge in [-0.05, 0) is 59.0 Å². The summed E-state index contributed by atoms with van der Waals surface area (Å²) < 4.78 is 15.1. The average molecular weight is 370 g/mol. The first-order valence-corrected chi connectivity index (χ1v) is 7.19. The third kappa shape index (κ3) is 2.46. The molecule has 0 fully saturated rings. The van der Waals surface area contributed by atoms with E-state index in [1.54, 1.807) is 6.07 Å². The minimum Gasteiger partial charge on any atom is -0.331 e. The van der Waals surface area contributed by atoms with Gasteiger partial charge in [0.25, 0.3) is 0 Å². The number of anilines is 2. The first-order chi connectivity index (χ1) is 8.70. The minimum atomic E-state index is -0.230. The summed E-state index contributed by atoms with van der Waals surface area (Å²) in [6.07, 6.45) is 0. The van der Waals surface area contributed by atoms with Gasteiger partial charge in [-0.1, -0.05) is 17.4 Å². The second-order valence-corrected chi connectivity index (χ2v) is 6.04. The molecule has 0 atom stereocenters. The molecule has 0 saturated heterocycles. The van der Waals surface area contributed by atoms with E-state index in [2.05, 4.69) is 32.9 Å². The van der Waals surface area contributed by atoms with E-state index in [0.717, 1.165) is 24.6 Å². The highest BCUT2D eigenvalue weighted by Gasteiger charge is 2.05. The maximum atomic E-state index is 13.1. The van der Waals surface area contributed by atoms with Gasteiger partial charge >= 0.3 is 0 Å². The fraction of sp³-hybridized carbons (Fsp3) is 0. The number of hydrogen-bond donors (Lipinski definition) is 1. The van der Waals surface area contributed by atoms with Crippen LogP contribution in [0.4, 0.5) is 15.2 Å². The van der Waals surface area contributed by atoms with Crippen molar-refractivity contribution in [2.45, 2.75) is 0 Å². The van der Waals surface area contributed by atoms with Crippen molar-refractivity contribution < 1.29 is 4.39 Å². The predicted octanol–water partition coefficient (Wildman–Crippen LogP) is 4.78. The van der Waals surface area contributed by atoms with Gasteiger partial charge in [0.15, 0.2) is 5.13 Å². The first kappa shape index (κ1) is 11.9. The molecular formula is C13H8FIN2S. The fourth-order valence-electron chi connectivity index (χ4n) is 1.64. The average Bonchev–Trinajstić information content (AvgIpc) is 2.70. The summed E-state index contributed by atoms with van der Waals surface area (Å²) in [6.45, 7) is 0. The van der Waals surface area contributed by atoms with Gasteiger partial charge in [0.2, 0.25) is 0 Å². The van der Waals surface area contributed by atoms with Crippen molar-refractivity contribution in [3.8, 4) is 0 Å². The second kappa shape index (κ2) is 4.81. The zero-order valence-corrected chi connectivity index (χ0v) is 12.1. The minimum absolute atomic E-state index is 0.230. The lowest BCUT2D eigenvalue weighted by atomic mass is 10.3. The van der Waals surface area contributed by atoms with Crippen LogP contribution in [0.15, 0.2) is 42.5 Å². The fourth-order valence-corrected chi connectivity index (χ4v) is 3.10. The van der Waals surface area contributed by atoms with Gasteiger partial charge in [-0.15, -0.1) is 0 Å². The van der Waals surface area contributed by atoms with Crippen molar-refractivity contribution in [2.24, 2.45) is 0 Å².